The first kappa shape index (κ1) is 85.1. The molecule has 0 bridgehead atoms. The molecule has 29 nitrogen and oxygen atoms in total. The molecule has 570 valence electrons. The van der Waals surface area contributed by atoms with E-state index >= 15 is 4.39 Å². The second kappa shape index (κ2) is 45.5. The lowest BCUT2D eigenvalue weighted by atomic mass is 10.0. The van der Waals surface area contributed by atoms with Crippen molar-refractivity contribution in [1.82, 2.24) is 25.3 Å². The maximum absolute atomic E-state index is 15.1. The molecule has 0 spiro atoms. The lowest BCUT2D eigenvalue weighted by Gasteiger charge is -2.13. The molecule has 0 radical (unpaired) electrons. The van der Waals surface area contributed by atoms with Crippen LogP contribution in [0.4, 0.5) is 4.39 Å². The van der Waals surface area contributed by atoms with E-state index in [0.29, 0.717) is 96.3 Å². The third-order valence-electron chi connectivity index (χ3n) is 14.5. The summed E-state index contributed by atoms with van der Waals surface area (Å²) in [4.78, 5) is 93.7. The van der Waals surface area contributed by atoms with Crippen LogP contribution >= 0.6 is 11.6 Å². The quantitative estimate of drug-likeness (QED) is 0.0171. The number of aliphatic hydroxyl groups excluding tert-OH is 1. The molecule has 1 amide bonds. The summed E-state index contributed by atoms with van der Waals surface area (Å²) in [6.07, 6.45) is 4.16. The van der Waals surface area contributed by atoms with Crippen LogP contribution in [0.1, 0.15) is 79.5 Å². The molecular formula is C79H78ClFN12O17. The van der Waals surface area contributed by atoms with Gasteiger partial charge in [0.25, 0.3) is 17.7 Å². The van der Waals surface area contributed by atoms with E-state index in [2.05, 4.69) is 56.2 Å². The number of ether oxygens (including phenoxy) is 6. The number of benzene rings is 7. The summed E-state index contributed by atoms with van der Waals surface area (Å²) in [5, 5.41) is 44.7. The second-order valence-electron chi connectivity index (χ2n) is 21.7. The Morgan fingerprint density at radius 1 is 0.527 bits per heavy atom. The first-order chi connectivity index (χ1) is 53.4. The third kappa shape index (κ3) is 24.9. The van der Waals surface area contributed by atoms with Crippen LogP contribution in [-0.4, -0.2) is 139 Å². The molecule has 2 heterocycles. The number of nitriles is 1. The molecule has 0 aliphatic rings. The minimum atomic E-state index is -0.913. The Morgan fingerprint density at radius 2 is 0.991 bits per heavy atom. The molecule has 0 aliphatic heterocycles. The van der Waals surface area contributed by atoms with Crippen LogP contribution in [0.2, 0.25) is 5.02 Å². The predicted octanol–water partition coefficient (Wildman–Crippen LogP) is 14.5. The van der Waals surface area contributed by atoms with Crippen LogP contribution in [0.25, 0.3) is 5.57 Å². The number of carbonyl (C=O) groups is 4. The molecule has 0 fully saturated rings. The average Bonchev–Trinajstić information content (AvgIpc) is 0.793. The van der Waals surface area contributed by atoms with Crippen LogP contribution in [0, 0.1) is 24.1 Å². The maximum Gasteiger partial charge on any atom is 0.273 e. The van der Waals surface area contributed by atoms with Crippen molar-refractivity contribution in [3.63, 3.8) is 0 Å². The van der Waals surface area contributed by atoms with E-state index in [1.807, 2.05) is 54.6 Å². The number of amides is 1. The van der Waals surface area contributed by atoms with E-state index in [1.165, 1.54) is 68.4 Å². The van der Waals surface area contributed by atoms with Gasteiger partial charge in [0.1, 0.15) is 113 Å². The Hall–Kier alpha value is -13.8. The summed E-state index contributed by atoms with van der Waals surface area (Å²) < 4.78 is 48.6. The molecule has 0 saturated carbocycles. The van der Waals surface area contributed by atoms with E-state index in [1.54, 1.807) is 156 Å². The number of methoxy groups -OCH3 is 1. The highest BCUT2D eigenvalue weighted by Crippen LogP contribution is 2.36. The first-order valence-corrected chi connectivity index (χ1v) is 33.5. The van der Waals surface area contributed by atoms with Crippen molar-refractivity contribution >= 4 is 74.7 Å². The highest BCUT2D eigenvalue weighted by Gasteiger charge is 2.25. The van der Waals surface area contributed by atoms with Gasteiger partial charge in [-0.2, -0.15) is 19.6 Å². The summed E-state index contributed by atoms with van der Waals surface area (Å²) in [7, 11) is 9.89. The summed E-state index contributed by atoms with van der Waals surface area (Å²) >= 11 is 6.09. The molecule has 0 atom stereocenters. The Bertz CT molecular complexity index is 4880. The number of oxime groups is 6. The predicted molar refractivity (Wildman–Crippen MR) is 409 cm³/mol. The van der Waals surface area contributed by atoms with Gasteiger partial charge in [0.05, 0.1) is 36.1 Å². The number of likely N-dealkylation sites (N-methyl/N-ethyl adjacent to an activating group) is 1. The Morgan fingerprint density at radius 3 is 1.54 bits per heavy atom. The fraction of sp³-hybridized carbons (Fsp3) is 0.203. The average molecular weight is 1520 g/mol. The molecule has 0 saturated heterocycles. The van der Waals surface area contributed by atoms with Crippen molar-refractivity contribution in [1.29, 1.82) is 5.26 Å². The number of nitrogens with zero attached hydrogens (tertiary/aromatic N) is 11. The Kier molecular flexibility index (Phi) is 35.3. The topological polar surface area (TPSA) is 361 Å². The van der Waals surface area contributed by atoms with E-state index < -0.39 is 18.2 Å². The van der Waals surface area contributed by atoms with Gasteiger partial charge in [0, 0.05) is 52.7 Å². The van der Waals surface area contributed by atoms with Gasteiger partial charge in [0.2, 0.25) is 17.6 Å². The summed E-state index contributed by atoms with van der Waals surface area (Å²) in [6.45, 7) is 8.04. The molecule has 0 aliphatic carbocycles. The van der Waals surface area contributed by atoms with Crippen LogP contribution in [0.5, 0.6) is 58.0 Å². The molecule has 110 heavy (non-hydrogen) atoms. The normalized spacial score (nSPS) is 11.5. The van der Waals surface area contributed by atoms with E-state index in [9.17, 15) is 29.5 Å². The smallest absolute Gasteiger partial charge is 0.273 e. The van der Waals surface area contributed by atoms with Crippen molar-refractivity contribution in [3.8, 4) is 64.1 Å². The molecule has 2 N–H and O–H groups in total. The minimum Gasteiger partial charge on any atom is -0.504 e. The van der Waals surface area contributed by atoms with Crippen molar-refractivity contribution in [2.45, 2.75) is 54.1 Å². The SMILES string of the molecule is CCC(=O)/C(=N/OC)c1ccccc1Oc1ccccc1.CCC(=O)/C(=N/OC)c1ccccc1Oc1ncnc(Oc2cccc(Cl)c2C)c1F.CNC(=O)/C(=N/OC)c1ccccc1CO/N=C(C)/C(=N/OC)C(/C)=N/OC.CO/C=C(/C(=O)CO)c1ccccc1Oc1cc(Oc2ccccc2C#N)ncn1. The highest BCUT2D eigenvalue weighted by atomic mass is 35.5. The van der Waals surface area contributed by atoms with Gasteiger partial charge in [-0.05, 0) is 87.5 Å². The Labute approximate surface area is 638 Å². The van der Waals surface area contributed by atoms with Gasteiger partial charge in [-0.1, -0.05) is 160 Å². The first-order valence-electron chi connectivity index (χ1n) is 33.1. The van der Waals surface area contributed by atoms with E-state index in [-0.39, 0.29) is 82.5 Å². The summed E-state index contributed by atoms with van der Waals surface area (Å²) in [6, 6.07) is 52.4. The van der Waals surface area contributed by atoms with Crippen LogP contribution in [0.3, 0.4) is 0 Å². The summed E-state index contributed by atoms with van der Waals surface area (Å²) in [5.41, 5.74) is 5.56. The largest absolute Gasteiger partial charge is 0.504 e. The number of rotatable bonds is 32. The zero-order valence-corrected chi connectivity index (χ0v) is 62.7. The van der Waals surface area contributed by atoms with Gasteiger partial charge < -0.3 is 67.9 Å². The third-order valence-corrected chi connectivity index (χ3v) is 14.9. The number of halogens is 2. The number of nitrogens with one attached hydrogen (secondary N) is 1. The van der Waals surface area contributed by atoms with Crippen molar-refractivity contribution in [2.24, 2.45) is 30.9 Å². The summed E-state index contributed by atoms with van der Waals surface area (Å²) in [5.74, 6) is -0.0769. The lowest BCUT2D eigenvalue weighted by Crippen LogP contribution is -2.29. The van der Waals surface area contributed by atoms with E-state index in [4.69, 9.17) is 69.0 Å². The van der Waals surface area contributed by atoms with Crippen LogP contribution in [-0.2, 0) is 59.5 Å². The van der Waals surface area contributed by atoms with Gasteiger partial charge in [-0.3, -0.25) is 19.2 Å². The number of hydrogen-bond acceptors (Lipinski definition) is 28. The highest BCUT2D eigenvalue weighted by molar-refractivity contribution is 6.67. The second-order valence-corrected chi connectivity index (χ2v) is 22.1. The lowest BCUT2D eigenvalue weighted by molar-refractivity contribution is -0.116. The molecule has 31 heteroatoms. The maximum atomic E-state index is 15.1. The fourth-order valence-electron chi connectivity index (χ4n) is 9.30. The zero-order chi connectivity index (χ0) is 79.7. The number of para-hydroxylation sites is 5. The molecule has 9 rings (SSSR count). The van der Waals surface area contributed by atoms with E-state index in [0.717, 1.165) is 6.33 Å². The number of carbonyl (C=O) groups excluding carboxylic acids is 4. The van der Waals surface area contributed by atoms with Gasteiger partial charge in [0.15, 0.2) is 40.2 Å². The van der Waals surface area contributed by atoms with Crippen molar-refractivity contribution in [3.05, 3.63) is 245 Å². The number of Topliss-reactive ketones (excluding diaryl/α,β-unsaturated/α-hetero) is 3. The minimum absolute atomic E-state index is 0.0566. The van der Waals surface area contributed by atoms with Crippen LogP contribution in [0.15, 0.2) is 226 Å². The number of aliphatic hydroxyl groups is 1. The molecule has 9 aromatic rings. The zero-order valence-electron chi connectivity index (χ0n) is 62.0. The van der Waals surface area contributed by atoms with Crippen LogP contribution < -0.4 is 29.0 Å². The van der Waals surface area contributed by atoms with Gasteiger partial charge in [-0.15, -0.1) is 0 Å². The standard InChI is InChI=1S/C22H19ClFN3O4.C22H17N3O5.C18H25N5O5.C17H17NO3/c1-4-16(28)20(27-29-3)14-8-5-6-10-18(14)31-22-19(24)21(25-12-26-22)30-17-11-7-9-15(23)13(17)2;1-28-13-17(18(27)12-26)16-7-3-5-9-20(16)30-22-10-21(24-14-25-22)29-19-8-4-2-6-15(19)11-23;1-12(20-25-4)16(22-26-5)13(2)21-28-11-14-9-7-8-10-15(14)17(23-27-6)18(24)19-3;1-3-15(19)17(18-20-2)14-11-7-8-12-16(14)21-13-9-5-4-6-10-13/h5-12H,4H2,1-3H3;2-10,13-14,26H,12H2,1H3;7-10H,11H2,1-6H3,(H,19,24);4-12H,3H2,1-2H3/b27-20+;17-13+;20-12+,21-13+,22-16+,23-17+;18-17+. The molecular weight excluding hydrogens is 1440 g/mol. The molecule has 0 unspecified atom stereocenters. The number of hydrogen-bond donors (Lipinski definition) is 2. The Balaban J connectivity index is 0.000000231. The monoisotopic (exact) mass is 1520 g/mol. The van der Waals surface area contributed by atoms with Gasteiger partial charge >= 0.3 is 0 Å². The number of aromatic nitrogens is 4. The molecule has 7 aromatic carbocycles. The van der Waals surface area contributed by atoms with Crippen molar-refractivity contribution in [2.75, 3.05) is 56.3 Å². The van der Waals surface area contributed by atoms with Gasteiger partial charge in [-0.25, -0.2) is 9.97 Å². The number of ketones is 3. The van der Waals surface area contributed by atoms with Crippen molar-refractivity contribution < 1.29 is 86.1 Å². The molecule has 2 aromatic heterocycles. The fourth-order valence-corrected chi connectivity index (χ4v) is 9.46.